The first-order valence-corrected chi connectivity index (χ1v) is 10.2. The van der Waals surface area contributed by atoms with Crippen LogP contribution in [-0.4, -0.2) is 61.5 Å². The molecule has 7 heteroatoms. The Morgan fingerprint density at radius 2 is 1.66 bits per heavy atom. The molecule has 1 N–H and O–H groups in total. The lowest BCUT2D eigenvalue weighted by Crippen LogP contribution is -2.49. The van der Waals surface area contributed by atoms with Crippen molar-refractivity contribution in [3.05, 3.63) is 65.2 Å². The largest absolute Gasteiger partial charge is 0.368 e. The number of nitrogens with zero attached hydrogens (tertiary/aromatic N) is 3. The van der Waals surface area contributed by atoms with Gasteiger partial charge in [-0.1, -0.05) is 41.9 Å². The molecule has 154 valence electrons. The van der Waals surface area contributed by atoms with Crippen LogP contribution in [0.25, 0.3) is 0 Å². The first-order valence-electron chi connectivity index (χ1n) is 9.84. The Hall–Kier alpha value is -2.73. The first kappa shape index (κ1) is 21.0. The number of urea groups is 1. The number of anilines is 1. The first-order chi connectivity index (χ1) is 14.0. The average molecular weight is 415 g/mol. The maximum Gasteiger partial charge on any atom is 0.317 e. The molecule has 1 saturated heterocycles. The van der Waals surface area contributed by atoms with Crippen LogP contribution in [0.1, 0.15) is 12.0 Å². The lowest BCUT2D eigenvalue weighted by atomic mass is 10.2. The van der Waals surface area contributed by atoms with Crippen molar-refractivity contribution in [1.29, 1.82) is 0 Å². The van der Waals surface area contributed by atoms with E-state index in [1.807, 2.05) is 59.5 Å². The Balaban J connectivity index is 1.36. The predicted octanol–water partition coefficient (Wildman–Crippen LogP) is 3.22. The van der Waals surface area contributed by atoms with E-state index >= 15 is 0 Å². The molecule has 3 amide bonds. The third-order valence-corrected chi connectivity index (χ3v) is 5.30. The van der Waals surface area contributed by atoms with Crippen LogP contribution in [0.4, 0.5) is 10.5 Å². The van der Waals surface area contributed by atoms with Gasteiger partial charge in [-0.05, 0) is 29.8 Å². The van der Waals surface area contributed by atoms with Gasteiger partial charge in [0.15, 0.2) is 0 Å². The normalized spacial score (nSPS) is 13.9. The van der Waals surface area contributed by atoms with E-state index in [1.54, 1.807) is 11.9 Å². The molecule has 0 aromatic heterocycles. The van der Waals surface area contributed by atoms with E-state index in [0.29, 0.717) is 32.6 Å². The van der Waals surface area contributed by atoms with Crippen LogP contribution < -0.4 is 10.2 Å². The molecule has 2 aromatic carbocycles. The highest BCUT2D eigenvalue weighted by Gasteiger charge is 2.21. The topological polar surface area (TPSA) is 55.9 Å². The van der Waals surface area contributed by atoms with E-state index in [2.05, 4.69) is 10.2 Å². The molecule has 3 rings (SSSR count). The van der Waals surface area contributed by atoms with E-state index < -0.39 is 0 Å². The summed E-state index contributed by atoms with van der Waals surface area (Å²) in [6, 6.07) is 17.4. The molecule has 0 saturated carbocycles. The van der Waals surface area contributed by atoms with E-state index in [-0.39, 0.29) is 11.9 Å². The number of hydrogen-bond donors (Lipinski definition) is 1. The Kier molecular flexibility index (Phi) is 7.36. The quantitative estimate of drug-likeness (QED) is 0.789. The van der Waals surface area contributed by atoms with Gasteiger partial charge in [0.25, 0.3) is 0 Å². The summed E-state index contributed by atoms with van der Waals surface area (Å²) < 4.78 is 0. The van der Waals surface area contributed by atoms with Crippen LogP contribution >= 0.6 is 11.6 Å². The molecule has 1 aliphatic rings. The molecule has 0 spiro atoms. The van der Waals surface area contributed by atoms with Crippen LogP contribution in [0, 0.1) is 0 Å². The van der Waals surface area contributed by atoms with E-state index in [9.17, 15) is 9.59 Å². The van der Waals surface area contributed by atoms with Gasteiger partial charge in [0.05, 0.1) is 0 Å². The molecule has 1 fully saturated rings. The zero-order chi connectivity index (χ0) is 20.6. The molecule has 1 aliphatic heterocycles. The second kappa shape index (κ2) is 10.2. The summed E-state index contributed by atoms with van der Waals surface area (Å²) in [6.45, 7) is 3.83. The molecular formula is C22H27ClN4O2. The van der Waals surface area contributed by atoms with Crippen molar-refractivity contribution < 1.29 is 9.59 Å². The number of benzene rings is 2. The van der Waals surface area contributed by atoms with Crippen molar-refractivity contribution in [1.82, 2.24) is 15.1 Å². The molecule has 6 nitrogen and oxygen atoms in total. The van der Waals surface area contributed by atoms with Gasteiger partial charge in [-0.2, -0.15) is 0 Å². The lowest BCUT2D eigenvalue weighted by Gasteiger charge is -2.36. The monoisotopic (exact) mass is 414 g/mol. The third kappa shape index (κ3) is 6.12. The molecule has 0 atom stereocenters. The number of hydrogen-bond acceptors (Lipinski definition) is 3. The van der Waals surface area contributed by atoms with Crippen molar-refractivity contribution in [2.45, 2.75) is 13.0 Å². The standard InChI is InChI=1S/C22H27ClN4O2/c1-25(17-18-5-3-2-4-6-18)22(29)24-12-11-21(28)27-15-13-26(14-16-27)20-9-7-19(23)8-10-20/h2-10H,11-17H2,1H3,(H,24,29). The van der Waals surface area contributed by atoms with Gasteiger partial charge in [-0.3, -0.25) is 4.79 Å². The smallest absolute Gasteiger partial charge is 0.317 e. The van der Waals surface area contributed by atoms with Crippen molar-refractivity contribution in [3.8, 4) is 0 Å². The molecule has 29 heavy (non-hydrogen) atoms. The number of carbonyl (C=O) groups is 2. The molecule has 2 aromatic rings. The highest BCUT2D eigenvalue weighted by atomic mass is 35.5. The minimum Gasteiger partial charge on any atom is -0.368 e. The van der Waals surface area contributed by atoms with Crippen LogP contribution in [0.2, 0.25) is 5.02 Å². The number of carbonyl (C=O) groups excluding carboxylic acids is 2. The van der Waals surface area contributed by atoms with Gasteiger partial charge in [-0.15, -0.1) is 0 Å². The second-order valence-electron chi connectivity index (χ2n) is 7.17. The Morgan fingerprint density at radius 1 is 1.00 bits per heavy atom. The van der Waals surface area contributed by atoms with Gasteiger partial charge in [-0.25, -0.2) is 4.79 Å². The fraction of sp³-hybridized carbons (Fsp3) is 0.364. The maximum absolute atomic E-state index is 12.5. The maximum atomic E-state index is 12.5. The van der Waals surface area contributed by atoms with Gasteiger partial charge in [0.1, 0.15) is 0 Å². The summed E-state index contributed by atoms with van der Waals surface area (Å²) in [4.78, 5) is 30.4. The van der Waals surface area contributed by atoms with Gasteiger partial charge >= 0.3 is 6.03 Å². The van der Waals surface area contributed by atoms with Crippen LogP contribution in [0.5, 0.6) is 0 Å². The molecule has 0 bridgehead atoms. The fourth-order valence-corrected chi connectivity index (χ4v) is 3.49. The van der Waals surface area contributed by atoms with Crippen molar-refractivity contribution in [3.63, 3.8) is 0 Å². The SMILES string of the molecule is CN(Cc1ccccc1)C(=O)NCCC(=O)N1CCN(c2ccc(Cl)cc2)CC1. The lowest BCUT2D eigenvalue weighted by molar-refractivity contribution is -0.131. The highest BCUT2D eigenvalue weighted by molar-refractivity contribution is 6.30. The number of halogens is 1. The Bertz CT molecular complexity index is 805. The number of amides is 3. The van der Waals surface area contributed by atoms with Crippen LogP contribution in [0.15, 0.2) is 54.6 Å². The Labute approximate surface area is 177 Å². The van der Waals surface area contributed by atoms with Gasteiger partial charge in [0, 0.05) is 63.4 Å². The molecular weight excluding hydrogens is 388 g/mol. The summed E-state index contributed by atoms with van der Waals surface area (Å²) in [6.07, 6.45) is 0.311. The summed E-state index contributed by atoms with van der Waals surface area (Å²) in [5, 5.41) is 3.55. The molecule has 0 radical (unpaired) electrons. The summed E-state index contributed by atoms with van der Waals surface area (Å²) >= 11 is 5.94. The van der Waals surface area contributed by atoms with E-state index in [4.69, 9.17) is 11.6 Å². The van der Waals surface area contributed by atoms with E-state index in [1.165, 1.54) is 0 Å². The van der Waals surface area contributed by atoms with Crippen molar-refractivity contribution in [2.75, 3.05) is 44.7 Å². The minimum absolute atomic E-state index is 0.0757. The summed E-state index contributed by atoms with van der Waals surface area (Å²) in [5.74, 6) is 0.0757. The zero-order valence-electron chi connectivity index (χ0n) is 16.7. The van der Waals surface area contributed by atoms with Crippen molar-refractivity contribution >= 4 is 29.2 Å². The third-order valence-electron chi connectivity index (χ3n) is 5.05. The fourth-order valence-electron chi connectivity index (χ4n) is 3.36. The number of piperazine rings is 1. The predicted molar refractivity (Wildman–Crippen MR) is 116 cm³/mol. The van der Waals surface area contributed by atoms with Gasteiger partial charge < -0.3 is 20.0 Å². The summed E-state index contributed by atoms with van der Waals surface area (Å²) in [7, 11) is 1.75. The minimum atomic E-state index is -0.172. The second-order valence-corrected chi connectivity index (χ2v) is 7.60. The van der Waals surface area contributed by atoms with Crippen LogP contribution in [-0.2, 0) is 11.3 Å². The Morgan fingerprint density at radius 3 is 2.31 bits per heavy atom. The number of rotatable bonds is 6. The van der Waals surface area contributed by atoms with Crippen LogP contribution in [0.3, 0.4) is 0 Å². The zero-order valence-corrected chi connectivity index (χ0v) is 17.4. The van der Waals surface area contributed by atoms with E-state index in [0.717, 1.165) is 29.4 Å². The molecule has 1 heterocycles. The molecule has 0 aliphatic carbocycles. The summed E-state index contributed by atoms with van der Waals surface area (Å²) in [5.41, 5.74) is 2.19. The molecule has 0 unspecified atom stereocenters. The van der Waals surface area contributed by atoms with Gasteiger partial charge in [0.2, 0.25) is 5.91 Å². The highest BCUT2D eigenvalue weighted by Crippen LogP contribution is 2.19. The average Bonchev–Trinajstić information content (AvgIpc) is 2.75. The van der Waals surface area contributed by atoms with Crippen molar-refractivity contribution in [2.24, 2.45) is 0 Å². The number of nitrogens with one attached hydrogen (secondary N) is 1.